The summed E-state index contributed by atoms with van der Waals surface area (Å²) in [7, 11) is 0. The molecule has 65 heavy (non-hydrogen) atoms. The number of fused-ring (bicyclic) bond motifs is 2. The SMILES string of the molecule is CC1CCCC1.CSc1nccc(-c2c(-c3ccc(F)cc3)nc3n2[C@H](C=C2CCCC2)CC3)n1.CSc1nccc(-c2c(-c3ccc(F)cc3)nc3n2[C@H](C=O)CC3)n1.[CH2-]CCC.[Li+]. The normalized spacial score (nSPS) is 17.1. The van der Waals surface area contributed by atoms with Gasteiger partial charge in [0.2, 0.25) is 0 Å². The molecule has 0 spiro atoms. The van der Waals surface area contributed by atoms with Crippen molar-refractivity contribution in [3.8, 4) is 45.3 Å². The fourth-order valence-electron chi connectivity index (χ4n) is 8.77. The third-order valence-electron chi connectivity index (χ3n) is 12.1. The van der Waals surface area contributed by atoms with Gasteiger partial charge in [-0.05, 0) is 118 Å². The van der Waals surface area contributed by atoms with Crippen LogP contribution in [0.1, 0.15) is 115 Å². The topological polar surface area (TPSA) is 104 Å². The van der Waals surface area contributed by atoms with Crippen LogP contribution in [0.2, 0.25) is 0 Å². The minimum Gasteiger partial charge on any atom is -0.343 e. The van der Waals surface area contributed by atoms with Crippen molar-refractivity contribution < 1.29 is 32.4 Å². The van der Waals surface area contributed by atoms with Crippen LogP contribution in [0.25, 0.3) is 45.3 Å². The van der Waals surface area contributed by atoms with E-state index in [1.807, 2.05) is 35.4 Å². The molecule has 6 aromatic rings. The molecule has 2 saturated carbocycles. The van der Waals surface area contributed by atoms with Gasteiger partial charge >= 0.3 is 18.9 Å². The third-order valence-corrected chi connectivity index (χ3v) is 13.3. The second kappa shape index (κ2) is 24.4. The summed E-state index contributed by atoms with van der Waals surface area (Å²) in [6, 6.07) is 16.6. The Morgan fingerprint density at radius 2 is 1.11 bits per heavy atom. The summed E-state index contributed by atoms with van der Waals surface area (Å²) in [5.74, 6) is 2.45. The second-order valence-electron chi connectivity index (χ2n) is 16.7. The molecule has 0 N–H and O–H groups in total. The number of hydrogen-bond donors (Lipinski definition) is 0. The molecule has 2 aliphatic heterocycles. The molecule has 0 bridgehead atoms. The van der Waals surface area contributed by atoms with E-state index in [1.165, 1.54) is 106 Å². The number of imidazole rings is 2. The maximum absolute atomic E-state index is 13.5. The number of benzene rings is 2. The summed E-state index contributed by atoms with van der Waals surface area (Å²) in [4.78, 5) is 39.2. The zero-order valence-electron chi connectivity index (χ0n) is 38.5. The minimum absolute atomic E-state index is 0. The van der Waals surface area contributed by atoms with E-state index in [0.717, 1.165) is 95.0 Å². The number of unbranched alkanes of at least 4 members (excludes halogenated alkanes) is 1. The van der Waals surface area contributed by atoms with Crippen LogP contribution in [0.3, 0.4) is 0 Å². The molecule has 2 atom stereocenters. The zero-order chi connectivity index (χ0) is 45.0. The third kappa shape index (κ3) is 12.3. The summed E-state index contributed by atoms with van der Waals surface area (Å²) in [6.07, 6.45) is 27.5. The quantitative estimate of drug-likeness (QED) is 0.0350. The predicted octanol–water partition coefficient (Wildman–Crippen LogP) is 10.2. The van der Waals surface area contributed by atoms with E-state index in [9.17, 15) is 13.6 Å². The number of hydrogen-bond acceptors (Lipinski definition) is 9. The smallest absolute Gasteiger partial charge is 0.343 e. The van der Waals surface area contributed by atoms with Crippen molar-refractivity contribution in [2.75, 3.05) is 12.5 Å². The molecule has 0 amide bonds. The molecule has 10 rings (SSSR count). The van der Waals surface area contributed by atoms with Crippen LogP contribution in [-0.4, -0.2) is 57.8 Å². The molecule has 14 heteroatoms. The Kier molecular flexibility index (Phi) is 18.8. The summed E-state index contributed by atoms with van der Waals surface area (Å²) in [5.41, 5.74) is 8.26. The number of aldehydes is 1. The van der Waals surface area contributed by atoms with Gasteiger partial charge in [0.15, 0.2) is 10.3 Å². The number of rotatable bonds is 9. The van der Waals surface area contributed by atoms with Gasteiger partial charge in [-0.15, -0.1) is 0 Å². The van der Waals surface area contributed by atoms with Crippen LogP contribution >= 0.6 is 23.5 Å². The van der Waals surface area contributed by atoms with Crippen molar-refractivity contribution in [1.29, 1.82) is 0 Å². The number of allylic oxidation sites excluding steroid dienone is 2. The molecule has 2 aliphatic carbocycles. The first kappa shape index (κ1) is 50.0. The summed E-state index contributed by atoms with van der Waals surface area (Å²) in [5, 5.41) is 1.39. The van der Waals surface area contributed by atoms with E-state index in [1.54, 1.807) is 36.0 Å². The molecule has 0 unspecified atom stereocenters. The molecule has 4 aromatic heterocycles. The second-order valence-corrected chi connectivity index (χ2v) is 18.2. The van der Waals surface area contributed by atoms with Gasteiger partial charge < -0.3 is 20.9 Å². The van der Waals surface area contributed by atoms with E-state index < -0.39 is 0 Å². The zero-order valence-corrected chi connectivity index (χ0v) is 40.1. The molecular weight excluding hydrogens is 850 g/mol. The van der Waals surface area contributed by atoms with Gasteiger partial charge in [0.25, 0.3) is 0 Å². The first-order valence-electron chi connectivity index (χ1n) is 22.7. The molecular formula is C51H59F2LiN8OS2. The van der Waals surface area contributed by atoms with E-state index in [2.05, 4.69) is 46.4 Å². The monoisotopic (exact) mass is 908 g/mol. The van der Waals surface area contributed by atoms with E-state index in [0.29, 0.717) is 22.6 Å². The summed E-state index contributed by atoms with van der Waals surface area (Å²) >= 11 is 2.98. The Hall–Kier alpha value is -4.41. The van der Waals surface area contributed by atoms with Crippen molar-refractivity contribution in [2.45, 2.75) is 126 Å². The van der Waals surface area contributed by atoms with Crippen molar-refractivity contribution in [1.82, 2.24) is 39.0 Å². The number of nitrogens with zero attached hydrogens (tertiary/aromatic N) is 8. The Morgan fingerprint density at radius 3 is 1.51 bits per heavy atom. The van der Waals surface area contributed by atoms with Crippen molar-refractivity contribution in [3.63, 3.8) is 0 Å². The Balaban J connectivity index is 0.000000177. The minimum atomic E-state index is -0.297. The number of aromatic nitrogens is 8. The fraction of sp³-hybridized carbons (Fsp3) is 0.412. The van der Waals surface area contributed by atoms with Gasteiger partial charge in [0, 0.05) is 36.4 Å². The molecule has 336 valence electrons. The standard InChI is InChI=1S/C23H23FN4S.C18H15FN4OS.C6H12.C4H9.Li/c1-29-23-25-13-12-19(26-23)22-21(16-6-8-17(24)9-7-16)27-20-11-10-18(28(20)22)14-15-4-2-3-5-15;1-25-18-20-9-8-14(21-18)17-16(11-2-4-12(19)5-3-11)22-15-7-6-13(10-24)23(15)17;1-6-4-2-3-5-6;1-3-4-2;/h6-9,12-14,18H,2-5,10-11H2,1H3;2-5,8-10,13H,6-7H2,1H3;6H,2-5H2,1H3;1,3-4H2,2H3;/q;;;-1;+1/t18-;13-;;;/m00.../s1. The summed E-state index contributed by atoms with van der Waals surface area (Å²) in [6.45, 7) is 8.06. The van der Waals surface area contributed by atoms with Crippen LogP contribution in [0.5, 0.6) is 0 Å². The van der Waals surface area contributed by atoms with Crippen LogP contribution in [-0.2, 0) is 17.6 Å². The van der Waals surface area contributed by atoms with Gasteiger partial charge in [-0.3, -0.25) is 0 Å². The average Bonchev–Trinajstić information content (AvgIpc) is 4.21. The molecule has 2 aromatic carbocycles. The van der Waals surface area contributed by atoms with Crippen LogP contribution in [0.15, 0.2) is 95.0 Å². The maximum Gasteiger partial charge on any atom is 1.00 e. The maximum atomic E-state index is 13.5. The van der Waals surface area contributed by atoms with Crippen LogP contribution < -0.4 is 18.9 Å². The van der Waals surface area contributed by atoms with Gasteiger partial charge in [-0.2, -0.15) is 6.42 Å². The Bertz CT molecular complexity index is 2490. The first-order valence-corrected chi connectivity index (χ1v) is 25.1. The fourth-order valence-corrected chi connectivity index (χ4v) is 9.48. The largest absolute Gasteiger partial charge is 1.00 e. The molecule has 2 fully saturated rings. The van der Waals surface area contributed by atoms with Crippen molar-refractivity contribution >= 4 is 29.8 Å². The van der Waals surface area contributed by atoms with Gasteiger partial charge in [-0.25, -0.2) is 38.7 Å². The number of halogens is 2. The molecule has 0 saturated heterocycles. The van der Waals surface area contributed by atoms with Crippen molar-refractivity contribution in [2.24, 2.45) is 5.92 Å². The number of aryl methyl sites for hydroxylation is 2. The van der Waals surface area contributed by atoms with E-state index in [4.69, 9.17) is 15.0 Å². The molecule has 9 nitrogen and oxygen atoms in total. The number of carbonyl (C=O) groups is 1. The molecule has 0 radical (unpaired) electrons. The number of thioether (sulfide) groups is 2. The predicted molar refractivity (Wildman–Crippen MR) is 256 cm³/mol. The van der Waals surface area contributed by atoms with Crippen molar-refractivity contribution in [3.05, 3.63) is 115 Å². The van der Waals surface area contributed by atoms with E-state index >= 15 is 0 Å². The average molecular weight is 909 g/mol. The van der Waals surface area contributed by atoms with E-state index in [-0.39, 0.29) is 36.5 Å². The summed E-state index contributed by atoms with van der Waals surface area (Å²) < 4.78 is 31.1. The van der Waals surface area contributed by atoms with Gasteiger partial charge in [0.1, 0.15) is 29.6 Å². The van der Waals surface area contributed by atoms with Crippen LogP contribution in [0.4, 0.5) is 8.78 Å². The van der Waals surface area contributed by atoms with Gasteiger partial charge in [0.05, 0.1) is 46.2 Å². The molecule has 4 aliphatic rings. The first-order chi connectivity index (χ1) is 31.2. The Morgan fingerprint density at radius 1 is 0.662 bits per heavy atom. The van der Waals surface area contributed by atoms with Gasteiger partial charge in [-0.1, -0.05) is 81.1 Å². The number of carbonyl (C=O) groups excluding carboxylic acids is 1. The van der Waals surface area contributed by atoms with Crippen LogP contribution in [0, 0.1) is 24.5 Å². The Labute approximate surface area is 403 Å². The molecule has 6 heterocycles.